The standard InChI is InChI=1S/C31H30N2O3.C25H21N3O/c1-31(2,3)36-30(34)15-14-22-8-4-6-10-27(22)33-18-21-12-13-24-19-32-20-26(25(24)16-21)29-17-23-9-5-7-11-28(23)35-29;26-13-19-6-1-3-7-23(19)28-14-17-9-10-20-15-27-16-22(21(20)11-17)25-12-18-5-2-4-8-24(18)29-25/h4-13,16-17,19-20,33H,14-15,18H2,1-3H3;1-12,15-16,28H,13-14,26H2. The highest BCUT2D eigenvalue weighted by Gasteiger charge is 2.17. The number of nitrogens with zero attached hydrogens (tertiary/aromatic N) is 2. The van der Waals surface area contributed by atoms with E-state index in [1.807, 2.05) is 112 Å². The zero-order chi connectivity index (χ0) is 44.8. The summed E-state index contributed by atoms with van der Waals surface area (Å²) in [5, 5.41) is 13.6. The lowest BCUT2D eigenvalue weighted by Gasteiger charge is -2.19. The van der Waals surface area contributed by atoms with Gasteiger partial charge in [0.15, 0.2) is 0 Å². The van der Waals surface area contributed by atoms with Crippen LogP contribution in [0.4, 0.5) is 11.4 Å². The molecule has 324 valence electrons. The lowest BCUT2D eigenvalue weighted by atomic mass is 10.0. The number of para-hydroxylation sites is 4. The van der Waals surface area contributed by atoms with Crippen molar-refractivity contribution in [1.29, 1.82) is 0 Å². The van der Waals surface area contributed by atoms with Gasteiger partial charge in [0.25, 0.3) is 0 Å². The van der Waals surface area contributed by atoms with Crippen LogP contribution in [0, 0.1) is 0 Å². The number of furan rings is 2. The number of rotatable bonds is 12. The molecule has 0 spiro atoms. The number of ether oxygens (including phenoxy) is 1. The van der Waals surface area contributed by atoms with Crippen molar-refractivity contribution in [1.82, 2.24) is 9.97 Å². The van der Waals surface area contributed by atoms with E-state index in [4.69, 9.17) is 19.3 Å². The Kier molecular flexibility index (Phi) is 12.4. The predicted octanol–water partition coefficient (Wildman–Crippen LogP) is 13.3. The first-order valence-electron chi connectivity index (χ1n) is 21.9. The van der Waals surface area contributed by atoms with Crippen molar-refractivity contribution in [3.05, 3.63) is 193 Å². The van der Waals surface area contributed by atoms with Gasteiger partial charge in [0.1, 0.15) is 28.3 Å². The topological polar surface area (TPSA) is 128 Å². The highest BCUT2D eigenvalue weighted by molar-refractivity contribution is 5.98. The van der Waals surface area contributed by atoms with Crippen LogP contribution < -0.4 is 16.4 Å². The number of hydrogen-bond acceptors (Lipinski definition) is 9. The lowest BCUT2D eigenvalue weighted by Crippen LogP contribution is -2.24. The Morgan fingerprint density at radius 3 is 1.55 bits per heavy atom. The van der Waals surface area contributed by atoms with Gasteiger partial charge in [0.2, 0.25) is 0 Å². The molecule has 0 saturated heterocycles. The number of anilines is 2. The van der Waals surface area contributed by atoms with Crippen LogP contribution in [-0.4, -0.2) is 21.5 Å². The van der Waals surface area contributed by atoms with Crippen LogP contribution in [-0.2, 0) is 35.6 Å². The average molecular weight is 858 g/mol. The second-order valence-electron chi connectivity index (χ2n) is 17.1. The normalized spacial score (nSPS) is 11.4. The van der Waals surface area contributed by atoms with Crippen molar-refractivity contribution in [2.45, 2.75) is 58.8 Å². The molecule has 4 heterocycles. The van der Waals surface area contributed by atoms with Crippen LogP contribution in [0.5, 0.6) is 0 Å². The van der Waals surface area contributed by atoms with Gasteiger partial charge < -0.3 is 29.9 Å². The minimum Gasteiger partial charge on any atom is -0.460 e. The number of fused-ring (bicyclic) bond motifs is 4. The van der Waals surface area contributed by atoms with Crippen LogP contribution in [0.2, 0.25) is 0 Å². The molecule has 0 unspecified atom stereocenters. The van der Waals surface area contributed by atoms with Crippen molar-refractivity contribution in [2.75, 3.05) is 10.6 Å². The molecule has 65 heavy (non-hydrogen) atoms. The van der Waals surface area contributed by atoms with Crippen molar-refractivity contribution in [3.8, 4) is 22.6 Å². The third kappa shape index (κ3) is 10.1. The van der Waals surface area contributed by atoms with Gasteiger partial charge in [0, 0.05) is 94.9 Å². The number of benzene rings is 6. The van der Waals surface area contributed by atoms with Crippen molar-refractivity contribution in [3.63, 3.8) is 0 Å². The van der Waals surface area contributed by atoms with E-state index >= 15 is 0 Å². The lowest BCUT2D eigenvalue weighted by molar-refractivity contribution is -0.154. The van der Waals surface area contributed by atoms with Crippen molar-refractivity contribution >= 4 is 60.8 Å². The van der Waals surface area contributed by atoms with Crippen LogP contribution in [0.1, 0.15) is 49.4 Å². The smallest absolute Gasteiger partial charge is 0.306 e. The summed E-state index contributed by atoms with van der Waals surface area (Å²) >= 11 is 0. The molecule has 4 N–H and O–H groups in total. The zero-order valence-corrected chi connectivity index (χ0v) is 36.8. The van der Waals surface area contributed by atoms with Gasteiger partial charge in [-0.25, -0.2) is 0 Å². The SMILES string of the molecule is CC(C)(C)OC(=O)CCc1ccccc1NCc1ccc2cncc(-c3cc4ccccc4o3)c2c1.NCc1ccccc1NCc1ccc2cncc(-c3cc4ccccc4o3)c2c1. The van der Waals surface area contributed by atoms with Gasteiger partial charge in [-0.3, -0.25) is 14.8 Å². The molecule has 0 amide bonds. The molecule has 0 atom stereocenters. The van der Waals surface area contributed by atoms with E-state index in [0.29, 0.717) is 25.9 Å². The van der Waals surface area contributed by atoms with E-state index in [1.54, 1.807) is 0 Å². The molecule has 0 aliphatic carbocycles. The highest BCUT2D eigenvalue weighted by atomic mass is 16.6. The fourth-order valence-electron chi connectivity index (χ4n) is 8.07. The Morgan fingerprint density at radius 1 is 0.569 bits per heavy atom. The fraction of sp³-hybridized carbons (Fsp3) is 0.161. The molecule has 0 bridgehead atoms. The second-order valence-corrected chi connectivity index (χ2v) is 17.1. The second kappa shape index (κ2) is 18.9. The molecule has 0 radical (unpaired) electrons. The quantitative estimate of drug-likeness (QED) is 0.103. The van der Waals surface area contributed by atoms with Gasteiger partial charge in [-0.1, -0.05) is 97.1 Å². The molecule has 6 aromatic carbocycles. The Hall–Kier alpha value is -7.75. The number of carbonyl (C=O) groups excluding carboxylic acids is 1. The summed E-state index contributed by atoms with van der Waals surface area (Å²) in [4.78, 5) is 21.1. The molecule has 9 nitrogen and oxygen atoms in total. The van der Waals surface area contributed by atoms with Gasteiger partial charge in [-0.05, 0) is 109 Å². The Morgan fingerprint density at radius 2 is 1.05 bits per heavy atom. The third-order valence-corrected chi connectivity index (χ3v) is 11.3. The molecular weight excluding hydrogens is 807 g/mol. The maximum Gasteiger partial charge on any atom is 0.306 e. The van der Waals surface area contributed by atoms with E-state index in [9.17, 15) is 4.79 Å². The first-order chi connectivity index (χ1) is 31.7. The number of esters is 1. The molecule has 9 heteroatoms. The maximum atomic E-state index is 12.2. The maximum absolute atomic E-state index is 12.2. The summed E-state index contributed by atoms with van der Waals surface area (Å²) < 4.78 is 17.7. The van der Waals surface area contributed by atoms with Crippen molar-refractivity contribution < 1.29 is 18.4 Å². The van der Waals surface area contributed by atoms with Gasteiger partial charge >= 0.3 is 5.97 Å². The Bertz CT molecular complexity index is 3210. The molecule has 0 aliphatic rings. The molecule has 0 aliphatic heterocycles. The average Bonchev–Trinajstić information content (AvgIpc) is 3.97. The summed E-state index contributed by atoms with van der Waals surface area (Å²) in [7, 11) is 0. The van der Waals surface area contributed by atoms with Crippen LogP contribution in [0.25, 0.3) is 66.1 Å². The van der Waals surface area contributed by atoms with Gasteiger partial charge in [-0.2, -0.15) is 0 Å². The first kappa shape index (κ1) is 42.5. The van der Waals surface area contributed by atoms with Crippen LogP contribution in [0.3, 0.4) is 0 Å². The Balaban J connectivity index is 0.000000168. The van der Waals surface area contributed by atoms with E-state index in [0.717, 1.165) is 101 Å². The number of hydrogen-bond donors (Lipinski definition) is 3. The summed E-state index contributed by atoms with van der Waals surface area (Å²) in [6.07, 6.45) is 8.48. The van der Waals surface area contributed by atoms with Gasteiger partial charge in [-0.15, -0.1) is 0 Å². The Labute approximate surface area is 378 Å². The number of aryl methyl sites for hydroxylation is 1. The van der Waals surface area contributed by atoms with Crippen LogP contribution in [0.15, 0.2) is 179 Å². The first-order valence-corrected chi connectivity index (χ1v) is 21.9. The van der Waals surface area contributed by atoms with Gasteiger partial charge in [0.05, 0.1) is 0 Å². The number of pyridine rings is 2. The number of nitrogens with two attached hydrogens (primary N) is 1. The molecular formula is C56H51N5O4. The number of nitrogens with one attached hydrogen (secondary N) is 2. The summed E-state index contributed by atoms with van der Waals surface area (Å²) in [5.74, 6) is 1.47. The molecule has 10 aromatic rings. The third-order valence-electron chi connectivity index (χ3n) is 11.3. The van der Waals surface area contributed by atoms with E-state index < -0.39 is 5.60 Å². The molecule has 0 saturated carbocycles. The van der Waals surface area contributed by atoms with Crippen LogP contribution >= 0.6 is 0 Å². The largest absolute Gasteiger partial charge is 0.460 e. The molecule has 0 fully saturated rings. The minimum atomic E-state index is -0.471. The number of carbonyl (C=O) groups is 1. The van der Waals surface area contributed by atoms with E-state index in [1.165, 1.54) is 5.56 Å². The van der Waals surface area contributed by atoms with E-state index in [-0.39, 0.29) is 5.97 Å². The monoisotopic (exact) mass is 857 g/mol. The summed E-state index contributed by atoms with van der Waals surface area (Å²) in [5.41, 5.74) is 15.7. The zero-order valence-electron chi connectivity index (χ0n) is 36.8. The van der Waals surface area contributed by atoms with E-state index in [2.05, 4.69) is 99.5 Å². The molecule has 10 rings (SSSR count). The number of aromatic nitrogens is 2. The van der Waals surface area contributed by atoms with Crippen molar-refractivity contribution in [2.24, 2.45) is 5.73 Å². The molecule has 4 aromatic heterocycles. The predicted molar refractivity (Wildman–Crippen MR) is 263 cm³/mol. The summed E-state index contributed by atoms with van der Waals surface area (Å²) in [6, 6.07) is 49.3. The summed E-state index contributed by atoms with van der Waals surface area (Å²) in [6.45, 7) is 7.55. The fourth-order valence-corrected chi connectivity index (χ4v) is 8.07. The highest BCUT2D eigenvalue weighted by Crippen LogP contribution is 2.35. The minimum absolute atomic E-state index is 0.182.